The Kier molecular flexibility index (Phi) is 8.44. The summed E-state index contributed by atoms with van der Waals surface area (Å²) in [6.45, 7) is 4.05. The minimum absolute atomic E-state index is 0. The summed E-state index contributed by atoms with van der Waals surface area (Å²) in [4.78, 5) is 9.10. The molecule has 0 aliphatic rings. The lowest BCUT2D eigenvalue weighted by Gasteiger charge is -2.15. The third kappa shape index (κ3) is 5.74. The number of nitrogens with one attached hydrogen (secondary N) is 3. The van der Waals surface area contributed by atoms with Crippen molar-refractivity contribution in [1.82, 2.24) is 15.6 Å². The largest absolute Gasteiger partial charge is 0.361 e. The number of hydrogen-bond donors (Lipinski definition) is 3. The van der Waals surface area contributed by atoms with E-state index >= 15 is 0 Å². The number of benzene rings is 1. The first-order valence-electron chi connectivity index (χ1n) is 8.78. The Morgan fingerprint density at radius 1 is 1.19 bits per heavy atom. The van der Waals surface area contributed by atoms with E-state index in [0.29, 0.717) is 5.92 Å². The van der Waals surface area contributed by atoms with Gasteiger partial charge in [-0.2, -0.15) is 0 Å². The molecule has 0 aliphatic heterocycles. The normalized spacial score (nSPS) is 12.6. The van der Waals surface area contributed by atoms with Gasteiger partial charge >= 0.3 is 0 Å². The van der Waals surface area contributed by atoms with Crippen LogP contribution in [0.15, 0.2) is 53.0 Å². The van der Waals surface area contributed by atoms with E-state index in [0.717, 1.165) is 31.9 Å². The molecule has 2 heterocycles. The van der Waals surface area contributed by atoms with Gasteiger partial charge in [-0.25, -0.2) is 0 Å². The molecule has 0 saturated heterocycles. The first-order chi connectivity index (χ1) is 12.3. The highest BCUT2D eigenvalue weighted by atomic mass is 127. The Morgan fingerprint density at radius 3 is 2.81 bits per heavy atom. The van der Waals surface area contributed by atoms with Crippen LogP contribution in [0.25, 0.3) is 10.9 Å². The van der Waals surface area contributed by atoms with E-state index in [4.69, 9.17) is 0 Å². The van der Waals surface area contributed by atoms with Crippen LogP contribution in [-0.2, 0) is 12.8 Å². The number of hydrogen-bond acceptors (Lipinski definition) is 2. The van der Waals surface area contributed by atoms with Gasteiger partial charge in [-0.3, -0.25) is 4.99 Å². The van der Waals surface area contributed by atoms with Crippen LogP contribution < -0.4 is 10.6 Å². The lowest BCUT2D eigenvalue weighted by Crippen LogP contribution is -2.40. The van der Waals surface area contributed by atoms with Gasteiger partial charge < -0.3 is 15.6 Å². The van der Waals surface area contributed by atoms with Gasteiger partial charge in [0, 0.05) is 42.1 Å². The summed E-state index contributed by atoms with van der Waals surface area (Å²) in [7, 11) is 1.82. The fraction of sp³-hybridized carbons (Fsp3) is 0.350. The molecule has 26 heavy (non-hydrogen) atoms. The molecule has 140 valence electrons. The summed E-state index contributed by atoms with van der Waals surface area (Å²) in [6, 6.07) is 12.7. The van der Waals surface area contributed by atoms with Gasteiger partial charge in [0.05, 0.1) is 0 Å². The number of H-pyrrole nitrogens is 1. The molecule has 1 atom stereocenters. The summed E-state index contributed by atoms with van der Waals surface area (Å²) in [5.74, 6) is 1.45. The van der Waals surface area contributed by atoms with Crippen LogP contribution in [0.4, 0.5) is 0 Å². The zero-order valence-corrected chi connectivity index (χ0v) is 18.4. The molecule has 0 saturated carbocycles. The van der Waals surface area contributed by atoms with Gasteiger partial charge in [0.25, 0.3) is 0 Å². The van der Waals surface area contributed by atoms with Gasteiger partial charge in [0.1, 0.15) is 0 Å². The Balaban J connectivity index is 0.00000243. The topological polar surface area (TPSA) is 52.2 Å². The maximum absolute atomic E-state index is 4.33. The second kappa shape index (κ2) is 10.6. The summed E-state index contributed by atoms with van der Waals surface area (Å²) in [6.07, 6.45) is 4.18. The number of aromatic nitrogens is 1. The number of fused-ring (bicyclic) bond motifs is 1. The molecule has 6 heteroatoms. The molecule has 0 radical (unpaired) electrons. The van der Waals surface area contributed by atoms with Gasteiger partial charge in [-0.15, -0.1) is 35.3 Å². The molecule has 0 spiro atoms. The van der Waals surface area contributed by atoms with E-state index in [1.807, 2.05) is 18.4 Å². The van der Waals surface area contributed by atoms with Crippen molar-refractivity contribution in [3.8, 4) is 0 Å². The fourth-order valence-electron chi connectivity index (χ4n) is 2.99. The third-order valence-electron chi connectivity index (χ3n) is 4.33. The lowest BCUT2D eigenvalue weighted by molar-refractivity contribution is 0.562. The van der Waals surface area contributed by atoms with Crippen LogP contribution >= 0.6 is 35.3 Å². The second-order valence-electron chi connectivity index (χ2n) is 6.38. The third-order valence-corrected chi connectivity index (χ3v) is 5.23. The van der Waals surface area contributed by atoms with Crippen molar-refractivity contribution in [2.75, 3.05) is 20.1 Å². The average molecular weight is 482 g/mol. The van der Waals surface area contributed by atoms with Crippen LogP contribution in [0.5, 0.6) is 0 Å². The molecule has 0 fully saturated rings. The lowest BCUT2D eigenvalue weighted by atomic mass is 10.1. The molecule has 0 bridgehead atoms. The number of guanidine groups is 1. The van der Waals surface area contributed by atoms with E-state index < -0.39 is 0 Å². The molecule has 2 aromatic heterocycles. The molecule has 0 amide bonds. The Labute approximate surface area is 176 Å². The molecular formula is C20H27IN4S. The van der Waals surface area contributed by atoms with E-state index in [2.05, 4.69) is 75.5 Å². The van der Waals surface area contributed by atoms with E-state index in [9.17, 15) is 0 Å². The maximum atomic E-state index is 4.33. The summed E-state index contributed by atoms with van der Waals surface area (Å²) in [5, 5.41) is 10.3. The van der Waals surface area contributed by atoms with Gasteiger partial charge in [0.15, 0.2) is 5.96 Å². The first-order valence-corrected chi connectivity index (χ1v) is 9.66. The monoisotopic (exact) mass is 482 g/mol. The average Bonchev–Trinajstić information content (AvgIpc) is 3.28. The van der Waals surface area contributed by atoms with Crippen molar-refractivity contribution in [1.29, 1.82) is 0 Å². The Bertz CT molecular complexity index is 810. The standard InChI is InChI=1S/C20H26N4S.HI/c1-15(12-17-6-5-11-25-17)13-24-20(21-2)22-10-9-16-14-23-19-8-4-3-7-18(16)19;/h3-8,11,14-15,23H,9-10,12-13H2,1-2H3,(H2,21,22,24);1H. The number of thiophene rings is 1. The summed E-state index contributed by atoms with van der Waals surface area (Å²) < 4.78 is 0. The maximum Gasteiger partial charge on any atom is 0.190 e. The molecule has 3 rings (SSSR count). The fourth-order valence-corrected chi connectivity index (χ4v) is 3.86. The minimum atomic E-state index is 0. The predicted molar refractivity (Wildman–Crippen MR) is 124 cm³/mol. The summed E-state index contributed by atoms with van der Waals surface area (Å²) >= 11 is 1.83. The SMILES string of the molecule is CN=C(NCCc1c[nH]c2ccccc12)NCC(C)Cc1cccs1.I. The zero-order chi connectivity index (χ0) is 17.5. The second-order valence-corrected chi connectivity index (χ2v) is 7.41. The van der Waals surface area contributed by atoms with Crippen LogP contribution in [0.1, 0.15) is 17.4 Å². The van der Waals surface area contributed by atoms with Crippen molar-refractivity contribution in [3.63, 3.8) is 0 Å². The predicted octanol–water partition coefficient (Wildman–Crippen LogP) is 4.43. The Hall–Kier alpha value is -1.54. The quantitative estimate of drug-likeness (QED) is 0.265. The van der Waals surface area contributed by atoms with E-state index in [-0.39, 0.29) is 24.0 Å². The summed E-state index contributed by atoms with van der Waals surface area (Å²) in [5.41, 5.74) is 2.53. The number of rotatable bonds is 7. The van der Waals surface area contributed by atoms with Gasteiger partial charge in [0.2, 0.25) is 0 Å². The molecule has 0 aliphatic carbocycles. The highest BCUT2D eigenvalue weighted by molar-refractivity contribution is 14.0. The molecular weight excluding hydrogens is 455 g/mol. The number of halogens is 1. The van der Waals surface area contributed by atoms with Crippen LogP contribution in [-0.4, -0.2) is 31.1 Å². The zero-order valence-electron chi connectivity index (χ0n) is 15.3. The molecule has 1 unspecified atom stereocenters. The highest BCUT2D eigenvalue weighted by Crippen LogP contribution is 2.17. The molecule has 3 N–H and O–H groups in total. The number of aliphatic imine (C=N–C) groups is 1. The van der Waals surface area contributed by atoms with E-state index in [1.54, 1.807) is 0 Å². The number of aromatic amines is 1. The van der Waals surface area contributed by atoms with Crippen molar-refractivity contribution in [2.24, 2.45) is 10.9 Å². The van der Waals surface area contributed by atoms with E-state index in [1.165, 1.54) is 21.3 Å². The highest BCUT2D eigenvalue weighted by Gasteiger charge is 2.07. The van der Waals surface area contributed by atoms with Crippen molar-refractivity contribution >= 4 is 52.2 Å². The van der Waals surface area contributed by atoms with Crippen LogP contribution in [0, 0.1) is 5.92 Å². The van der Waals surface area contributed by atoms with Crippen molar-refractivity contribution < 1.29 is 0 Å². The van der Waals surface area contributed by atoms with Crippen LogP contribution in [0.3, 0.4) is 0 Å². The van der Waals surface area contributed by atoms with Crippen molar-refractivity contribution in [2.45, 2.75) is 19.8 Å². The molecule has 3 aromatic rings. The number of nitrogens with zero attached hydrogens (tertiary/aromatic N) is 1. The van der Waals surface area contributed by atoms with Crippen LogP contribution in [0.2, 0.25) is 0 Å². The smallest absolute Gasteiger partial charge is 0.190 e. The first kappa shape index (κ1) is 20.8. The Morgan fingerprint density at radius 2 is 2.04 bits per heavy atom. The van der Waals surface area contributed by atoms with Gasteiger partial charge in [-0.1, -0.05) is 31.2 Å². The minimum Gasteiger partial charge on any atom is -0.361 e. The van der Waals surface area contributed by atoms with Crippen molar-refractivity contribution in [3.05, 3.63) is 58.4 Å². The molecule has 4 nitrogen and oxygen atoms in total. The molecule has 1 aromatic carbocycles. The number of para-hydroxylation sites is 1. The van der Waals surface area contributed by atoms with Gasteiger partial charge in [-0.05, 0) is 41.8 Å².